The Hall–Kier alpha value is -3.54. The molecule has 0 spiro atoms. The summed E-state index contributed by atoms with van der Waals surface area (Å²) in [5, 5.41) is 27.5. The van der Waals surface area contributed by atoms with E-state index in [2.05, 4.69) is 10.2 Å². The SMILES string of the molecule is COc1ccc(C2C(C#N)=C(N)Oc3n[nH]c(C)c32)cc1[N+](=O)[O-]. The highest BCUT2D eigenvalue weighted by Gasteiger charge is 2.35. The number of benzene rings is 1. The molecule has 0 aliphatic carbocycles. The number of rotatable bonds is 3. The van der Waals surface area contributed by atoms with Gasteiger partial charge in [0.1, 0.15) is 11.6 Å². The first kappa shape index (κ1) is 15.4. The highest BCUT2D eigenvalue weighted by Crippen LogP contribution is 2.44. The van der Waals surface area contributed by atoms with Gasteiger partial charge < -0.3 is 15.2 Å². The summed E-state index contributed by atoms with van der Waals surface area (Å²) >= 11 is 0. The van der Waals surface area contributed by atoms with Gasteiger partial charge in [0.15, 0.2) is 5.75 Å². The minimum atomic E-state index is -0.609. The van der Waals surface area contributed by atoms with Gasteiger partial charge in [-0.25, -0.2) is 0 Å². The summed E-state index contributed by atoms with van der Waals surface area (Å²) in [6.07, 6.45) is 0. The summed E-state index contributed by atoms with van der Waals surface area (Å²) in [6, 6.07) is 6.54. The molecule has 1 aliphatic rings. The predicted octanol–water partition coefficient (Wildman–Crippen LogP) is 1.85. The van der Waals surface area contributed by atoms with Crippen LogP contribution in [0.25, 0.3) is 0 Å². The predicted molar refractivity (Wildman–Crippen MR) is 82.3 cm³/mol. The third-order valence-electron chi connectivity index (χ3n) is 3.86. The molecule has 2 aromatic rings. The number of nitro groups is 1. The molecule has 3 N–H and O–H groups in total. The zero-order valence-electron chi connectivity index (χ0n) is 12.9. The number of aromatic amines is 1. The fraction of sp³-hybridized carbons (Fsp3) is 0.200. The smallest absolute Gasteiger partial charge is 0.311 e. The maximum Gasteiger partial charge on any atom is 0.311 e. The molecule has 3 rings (SSSR count). The van der Waals surface area contributed by atoms with Crippen molar-refractivity contribution in [2.75, 3.05) is 7.11 Å². The number of ether oxygens (including phenoxy) is 2. The summed E-state index contributed by atoms with van der Waals surface area (Å²) in [4.78, 5) is 10.7. The molecule has 122 valence electrons. The highest BCUT2D eigenvalue weighted by atomic mass is 16.6. The topological polar surface area (TPSA) is 140 Å². The lowest BCUT2D eigenvalue weighted by Gasteiger charge is -2.23. The number of nitro benzene ring substituents is 1. The van der Waals surface area contributed by atoms with Gasteiger partial charge in [-0.2, -0.15) is 5.26 Å². The number of aryl methyl sites for hydroxylation is 1. The van der Waals surface area contributed by atoms with Crippen molar-refractivity contribution >= 4 is 5.69 Å². The third-order valence-corrected chi connectivity index (χ3v) is 3.86. The fourth-order valence-corrected chi connectivity index (χ4v) is 2.76. The van der Waals surface area contributed by atoms with Gasteiger partial charge in [-0.1, -0.05) is 6.07 Å². The van der Waals surface area contributed by atoms with Gasteiger partial charge in [-0.15, -0.1) is 5.10 Å². The number of methoxy groups -OCH3 is 1. The standard InChI is InChI=1S/C15H13N5O4/c1-7-12-13(9(6-16)14(17)24-15(12)19-18-7)8-3-4-11(23-2)10(5-8)20(21)22/h3-5,13H,17H2,1-2H3,(H,18,19). The second kappa shape index (κ2) is 5.58. The molecule has 1 aromatic carbocycles. The molecule has 1 aromatic heterocycles. The van der Waals surface area contributed by atoms with E-state index < -0.39 is 10.8 Å². The monoisotopic (exact) mass is 327 g/mol. The number of hydrogen-bond donors (Lipinski definition) is 2. The molecule has 9 nitrogen and oxygen atoms in total. The Morgan fingerprint density at radius 2 is 2.29 bits per heavy atom. The molecule has 2 heterocycles. The van der Waals surface area contributed by atoms with Gasteiger partial charge in [0.2, 0.25) is 11.8 Å². The first-order valence-electron chi connectivity index (χ1n) is 6.92. The van der Waals surface area contributed by atoms with Crippen molar-refractivity contribution < 1.29 is 14.4 Å². The van der Waals surface area contributed by atoms with Gasteiger partial charge in [0, 0.05) is 17.3 Å². The van der Waals surface area contributed by atoms with Crippen LogP contribution in [0.2, 0.25) is 0 Å². The Balaban J connectivity index is 2.24. The summed E-state index contributed by atoms with van der Waals surface area (Å²) in [7, 11) is 1.35. The first-order valence-corrected chi connectivity index (χ1v) is 6.92. The van der Waals surface area contributed by atoms with E-state index in [1.807, 2.05) is 6.07 Å². The van der Waals surface area contributed by atoms with Gasteiger partial charge in [-0.05, 0) is 18.6 Å². The maximum absolute atomic E-state index is 11.3. The fourth-order valence-electron chi connectivity index (χ4n) is 2.76. The van der Waals surface area contributed by atoms with Crippen LogP contribution in [-0.4, -0.2) is 22.2 Å². The van der Waals surface area contributed by atoms with Gasteiger partial charge in [-0.3, -0.25) is 15.2 Å². The molecular formula is C15H13N5O4. The van der Waals surface area contributed by atoms with E-state index in [0.717, 1.165) is 0 Å². The number of nitrogens with zero attached hydrogens (tertiary/aromatic N) is 3. The zero-order chi connectivity index (χ0) is 17.4. The van der Waals surface area contributed by atoms with Crippen LogP contribution < -0.4 is 15.2 Å². The molecule has 1 atom stereocenters. The largest absolute Gasteiger partial charge is 0.490 e. The van der Waals surface area contributed by atoms with Crippen LogP contribution in [0.3, 0.4) is 0 Å². The quantitative estimate of drug-likeness (QED) is 0.647. The van der Waals surface area contributed by atoms with Crippen molar-refractivity contribution in [1.29, 1.82) is 5.26 Å². The van der Waals surface area contributed by atoms with E-state index in [-0.39, 0.29) is 28.8 Å². The maximum atomic E-state index is 11.3. The summed E-state index contributed by atoms with van der Waals surface area (Å²) in [5.74, 6) is -0.287. The van der Waals surface area contributed by atoms with E-state index >= 15 is 0 Å². The van der Waals surface area contributed by atoms with Gasteiger partial charge in [0.25, 0.3) is 0 Å². The number of allylic oxidation sites excluding steroid dienone is 1. The van der Waals surface area contributed by atoms with Crippen LogP contribution in [0.4, 0.5) is 5.69 Å². The van der Waals surface area contributed by atoms with E-state index in [1.54, 1.807) is 13.0 Å². The molecule has 0 fully saturated rings. The number of hydrogen-bond acceptors (Lipinski definition) is 7. The molecular weight excluding hydrogens is 314 g/mol. The Labute approximate surface area is 136 Å². The lowest BCUT2D eigenvalue weighted by atomic mass is 9.84. The van der Waals surface area contributed by atoms with Crippen molar-refractivity contribution in [1.82, 2.24) is 10.2 Å². The van der Waals surface area contributed by atoms with Crippen molar-refractivity contribution in [3.8, 4) is 17.7 Å². The summed E-state index contributed by atoms with van der Waals surface area (Å²) in [6.45, 7) is 1.77. The van der Waals surface area contributed by atoms with Crippen molar-refractivity contribution in [3.63, 3.8) is 0 Å². The number of nitriles is 1. The average Bonchev–Trinajstić information content (AvgIpc) is 2.93. The van der Waals surface area contributed by atoms with Crippen LogP contribution in [0, 0.1) is 28.4 Å². The molecule has 9 heteroatoms. The number of H-pyrrole nitrogens is 1. The normalized spacial score (nSPS) is 16.1. The molecule has 0 amide bonds. The number of fused-ring (bicyclic) bond motifs is 1. The van der Waals surface area contributed by atoms with Crippen LogP contribution in [-0.2, 0) is 0 Å². The summed E-state index contributed by atoms with van der Waals surface area (Å²) < 4.78 is 10.4. The van der Waals surface area contributed by atoms with Crippen molar-refractivity contribution in [3.05, 3.63) is 56.6 Å². The first-order chi connectivity index (χ1) is 11.5. The van der Waals surface area contributed by atoms with E-state index in [0.29, 0.717) is 16.8 Å². The zero-order valence-corrected chi connectivity index (χ0v) is 12.9. The number of nitrogens with one attached hydrogen (secondary N) is 1. The van der Waals surface area contributed by atoms with Crippen molar-refractivity contribution in [2.24, 2.45) is 5.73 Å². The molecule has 0 saturated carbocycles. The van der Waals surface area contributed by atoms with Crippen molar-refractivity contribution in [2.45, 2.75) is 12.8 Å². The van der Waals surface area contributed by atoms with E-state index in [1.165, 1.54) is 19.2 Å². The number of nitrogens with two attached hydrogens (primary N) is 1. The van der Waals surface area contributed by atoms with E-state index in [4.69, 9.17) is 15.2 Å². The van der Waals surface area contributed by atoms with Gasteiger partial charge in [0.05, 0.1) is 18.0 Å². The molecule has 24 heavy (non-hydrogen) atoms. The van der Waals surface area contributed by atoms with Crippen LogP contribution >= 0.6 is 0 Å². The minimum Gasteiger partial charge on any atom is -0.490 e. The minimum absolute atomic E-state index is 0.0695. The molecule has 0 radical (unpaired) electrons. The van der Waals surface area contributed by atoms with Crippen LogP contribution in [0.1, 0.15) is 22.7 Å². The Bertz CT molecular complexity index is 909. The van der Waals surface area contributed by atoms with E-state index in [9.17, 15) is 15.4 Å². The lowest BCUT2D eigenvalue weighted by molar-refractivity contribution is -0.385. The Morgan fingerprint density at radius 1 is 1.54 bits per heavy atom. The van der Waals surface area contributed by atoms with Gasteiger partial charge >= 0.3 is 5.69 Å². The Morgan fingerprint density at radius 3 is 2.92 bits per heavy atom. The highest BCUT2D eigenvalue weighted by molar-refractivity contribution is 5.58. The second-order valence-electron chi connectivity index (χ2n) is 5.18. The third kappa shape index (κ3) is 2.21. The molecule has 1 unspecified atom stereocenters. The molecule has 0 bridgehead atoms. The molecule has 0 saturated heterocycles. The van der Waals surface area contributed by atoms with Crippen LogP contribution in [0.5, 0.6) is 11.6 Å². The lowest BCUT2D eigenvalue weighted by Crippen LogP contribution is -2.21. The molecule has 1 aliphatic heterocycles. The second-order valence-corrected chi connectivity index (χ2v) is 5.18. The number of aromatic nitrogens is 2. The van der Waals surface area contributed by atoms with Crippen LogP contribution in [0.15, 0.2) is 29.7 Å². The Kier molecular flexibility index (Phi) is 3.57. The summed E-state index contributed by atoms with van der Waals surface area (Å²) in [5.41, 5.74) is 7.63. The average molecular weight is 327 g/mol.